The predicted molar refractivity (Wildman–Crippen MR) is 79.4 cm³/mol. The van der Waals surface area contributed by atoms with Gasteiger partial charge in [-0.15, -0.1) is 0 Å². The van der Waals surface area contributed by atoms with E-state index in [1.54, 1.807) is 0 Å². The van der Waals surface area contributed by atoms with Crippen molar-refractivity contribution in [1.82, 2.24) is 9.97 Å². The fraction of sp³-hybridized carbons (Fsp3) is 0.0588. The lowest BCUT2D eigenvalue weighted by molar-refractivity contribution is 0.965. The van der Waals surface area contributed by atoms with Crippen molar-refractivity contribution >= 4 is 5.69 Å². The van der Waals surface area contributed by atoms with Gasteiger partial charge in [0, 0.05) is 29.2 Å². The molecule has 0 radical (unpaired) electrons. The molecule has 96 valence electrons. The van der Waals surface area contributed by atoms with Crippen LogP contribution < -0.4 is 5.32 Å². The Kier molecular flexibility index (Phi) is 2.49. The van der Waals surface area contributed by atoms with Gasteiger partial charge in [0.25, 0.3) is 0 Å². The summed E-state index contributed by atoms with van der Waals surface area (Å²) in [6.45, 7) is 0. The van der Waals surface area contributed by atoms with Crippen molar-refractivity contribution in [2.45, 2.75) is 6.04 Å². The molecule has 0 atom stereocenters. The van der Waals surface area contributed by atoms with Crippen LogP contribution in [-0.2, 0) is 0 Å². The van der Waals surface area contributed by atoms with E-state index >= 15 is 0 Å². The molecule has 0 aliphatic heterocycles. The maximum atomic E-state index is 4.49. The third-order valence-electron chi connectivity index (χ3n) is 3.61. The number of anilines is 1. The largest absolute Gasteiger partial charge is 0.374 e. The minimum absolute atomic E-state index is 0.116. The minimum Gasteiger partial charge on any atom is -0.374 e. The Morgan fingerprint density at radius 2 is 1.30 bits per heavy atom. The SMILES string of the molecule is c1ccc(NC2c3cccnc3-c3ncccc32)cc1. The molecule has 1 aliphatic rings. The first-order chi connectivity index (χ1) is 9.93. The Bertz CT molecular complexity index is 707. The highest BCUT2D eigenvalue weighted by Crippen LogP contribution is 2.42. The number of nitrogens with zero attached hydrogens (tertiary/aromatic N) is 2. The second-order valence-corrected chi connectivity index (χ2v) is 4.83. The fourth-order valence-corrected chi connectivity index (χ4v) is 2.72. The van der Waals surface area contributed by atoms with Crippen molar-refractivity contribution in [2.24, 2.45) is 0 Å². The highest BCUT2D eigenvalue weighted by molar-refractivity contribution is 5.74. The van der Waals surface area contributed by atoms with E-state index in [0.29, 0.717) is 0 Å². The highest BCUT2D eigenvalue weighted by atomic mass is 15.0. The molecule has 4 rings (SSSR count). The predicted octanol–water partition coefficient (Wildman–Crippen LogP) is 3.66. The zero-order valence-corrected chi connectivity index (χ0v) is 10.8. The van der Waals surface area contributed by atoms with E-state index in [1.807, 2.05) is 42.7 Å². The topological polar surface area (TPSA) is 37.8 Å². The summed E-state index contributed by atoms with van der Waals surface area (Å²) >= 11 is 0. The molecule has 3 heteroatoms. The molecule has 1 aromatic carbocycles. The molecular weight excluding hydrogens is 246 g/mol. The number of para-hydroxylation sites is 1. The normalized spacial score (nSPS) is 12.8. The lowest BCUT2D eigenvalue weighted by atomic mass is 10.1. The van der Waals surface area contributed by atoms with Crippen LogP contribution in [0.1, 0.15) is 17.2 Å². The molecule has 3 aromatic rings. The molecule has 0 saturated carbocycles. The molecule has 0 amide bonds. The van der Waals surface area contributed by atoms with Crippen LogP contribution in [-0.4, -0.2) is 9.97 Å². The van der Waals surface area contributed by atoms with Gasteiger partial charge in [-0.2, -0.15) is 0 Å². The Morgan fingerprint density at radius 3 is 1.90 bits per heavy atom. The van der Waals surface area contributed by atoms with E-state index in [9.17, 15) is 0 Å². The Morgan fingerprint density at radius 1 is 0.700 bits per heavy atom. The Balaban J connectivity index is 1.83. The van der Waals surface area contributed by atoms with E-state index in [4.69, 9.17) is 0 Å². The average Bonchev–Trinajstić information content (AvgIpc) is 2.84. The monoisotopic (exact) mass is 259 g/mol. The molecule has 0 bridgehead atoms. The van der Waals surface area contributed by atoms with Crippen LogP contribution in [0, 0.1) is 0 Å². The van der Waals surface area contributed by atoms with Gasteiger partial charge in [-0.05, 0) is 24.3 Å². The van der Waals surface area contributed by atoms with Crippen LogP contribution in [0.2, 0.25) is 0 Å². The summed E-state index contributed by atoms with van der Waals surface area (Å²) in [5.41, 5.74) is 5.44. The Hall–Kier alpha value is -2.68. The number of nitrogens with one attached hydrogen (secondary N) is 1. The summed E-state index contributed by atoms with van der Waals surface area (Å²) in [6.07, 6.45) is 3.64. The van der Waals surface area contributed by atoms with Gasteiger partial charge in [0.15, 0.2) is 0 Å². The molecule has 3 nitrogen and oxygen atoms in total. The van der Waals surface area contributed by atoms with Crippen LogP contribution in [0.5, 0.6) is 0 Å². The molecule has 0 saturated heterocycles. The number of benzene rings is 1. The maximum absolute atomic E-state index is 4.49. The van der Waals surface area contributed by atoms with Crippen LogP contribution in [0.4, 0.5) is 5.69 Å². The number of aromatic nitrogens is 2. The summed E-state index contributed by atoms with van der Waals surface area (Å²) < 4.78 is 0. The third-order valence-corrected chi connectivity index (χ3v) is 3.61. The minimum atomic E-state index is 0.116. The van der Waals surface area contributed by atoms with Crippen molar-refractivity contribution < 1.29 is 0 Å². The van der Waals surface area contributed by atoms with Gasteiger partial charge in [0.05, 0.1) is 17.4 Å². The van der Waals surface area contributed by atoms with Crippen LogP contribution in [0.25, 0.3) is 11.4 Å². The lowest BCUT2D eigenvalue weighted by Gasteiger charge is -2.16. The first-order valence-corrected chi connectivity index (χ1v) is 6.65. The van der Waals surface area contributed by atoms with Crippen molar-refractivity contribution in [1.29, 1.82) is 0 Å². The number of hydrogen-bond acceptors (Lipinski definition) is 3. The smallest absolute Gasteiger partial charge is 0.0946 e. The second kappa shape index (κ2) is 4.46. The van der Waals surface area contributed by atoms with Crippen molar-refractivity contribution in [3.63, 3.8) is 0 Å². The van der Waals surface area contributed by atoms with Gasteiger partial charge in [-0.1, -0.05) is 30.3 Å². The molecule has 0 unspecified atom stereocenters. The van der Waals surface area contributed by atoms with Gasteiger partial charge < -0.3 is 5.32 Å². The van der Waals surface area contributed by atoms with Crippen molar-refractivity contribution in [2.75, 3.05) is 5.32 Å². The van der Waals surface area contributed by atoms with E-state index < -0.39 is 0 Å². The van der Waals surface area contributed by atoms with Gasteiger partial charge in [-0.25, -0.2) is 0 Å². The summed E-state index contributed by atoms with van der Waals surface area (Å²) in [4.78, 5) is 8.98. The number of pyridine rings is 2. The first kappa shape index (κ1) is 11.2. The van der Waals surface area contributed by atoms with Gasteiger partial charge in [0.1, 0.15) is 0 Å². The van der Waals surface area contributed by atoms with E-state index in [2.05, 4.69) is 39.6 Å². The quantitative estimate of drug-likeness (QED) is 0.763. The van der Waals surface area contributed by atoms with E-state index in [0.717, 1.165) is 17.1 Å². The molecule has 1 aliphatic carbocycles. The van der Waals surface area contributed by atoms with E-state index in [1.165, 1.54) is 11.1 Å². The Labute approximate surface area is 117 Å². The second-order valence-electron chi connectivity index (χ2n) is 4.83. The van der Waals surface area contributed by atoms with Crippen molar-refractivity contribution in [3.05, 3.63) is 78.1 Å². The number of rotatable bonds is 2. The first-order valence-electron chi connectivity index (χ1n) is 6.65. The molecule has 20 heavy (non-hydrogen) atoms. The van der Waals surface area contributed by atoms with Crippen LogP contribution >= 0.6 is 0 Å². The molecule has 2 heterocycles. The van der Waals surface area contributed by atoms with Gasteiger partial charge in [-0.3, -0.25) is 9.97 Å². The molecule has 0 spiro atoms. The fourth-order valence-electron chi connectivity index (χ4n) is 2.72. The number of hydrogen-bond donors (Lipinski definition) is 1. The van der Waals surface area contributed by atoms with Gasteiger partial charge >= 0.3 is 0 Å². The third kappa shape index (κ3) is 1.67. The van der Waals surface area contributed by atoms with E-state index in [-0.39, 0.29) is 6.04 Å². The molecule has 0 fully saturated rings. The zero-order chi connectivity index (χ0) is 13.4. The molecule has 1 N–H and O–H groups in total. The summed E-state index contributed by atoms with van der Waals surface area (Å²) in [7, 11) is 0. The van der Waals surface area contributed by atoms with Crippen molar-refractivity contribution in [3.8, 4) is 11.4 Å². The average molecular weight is 259 g/mol. The highest BCUT2D eigenvalue weighted by Gasteiger charge is 2.30. The standard InChI is InChI=1S/C17H13N3/c1-2-6-12(7-3-1)20-15-13-8-4-10-18-16(13)17-14(15)9-5-11-19-17/h1-11,15,20H. The molecular formula is C17H13N3. The van der Waals surface area contributed by atoms with Crippen LogP contribution in [0.3, 0.4) is 0 Å². The lowest BCUT2D eigenvalue weighted by Crippen LogP contribution is -2.09. The zero-order valence-electron chi connectivity index (χ0n) is 10.8. The summed E-state index contributed by atoms with van der Waals surface area (Å²) in [6, 6.07) is 18.5. The summed E-state index contributed by atoms with van der Waals surface area (Å²) in [5.74, 6) is 0. The van der Waals surface area contributed by atoms with Crippen LogP contribution in [0.15, 0.2) is 67.0 Å². The maximum Gasteiger partial charge on any atom is 0.0946 e. The summed E-state index contributed by atoms with van der Waals surface area (Å²) in [5, 5.41) is 3.57. The molecule has 2 aromatic heterocycles. The number of fused-ring (bicyclic) bond motifs is 3. The van der Waals surface area contributed by atoms with Gasteiger partial charge in [0.2, 0.25) is 0 Å².